The summed E-state index contributed by atoms with van der Waals surface area (Å²) in [6.45, 7) is -0.793. The number of carbonyl (C=O) groups is 1. The van der Waals surface area contributed by atoms with E-state index in [0.717, 1.165) is 25.9 Å². The number of hydrogen-bond acceptors (Lipinski definition) is 5. The van der Waals surface area contributed by atoms with Gasteiger partial charge in [0.1, 0.15) is 5.75 Å². The van der Waals surface area contributed by atoms with Crippen LogP contribution in [0.1, 0.15) is 24.8 Å². The number of carbonyl (C=O) groups excluding carboxylic acids is 1. The summed E-state index contributed by atoms with van der Waals surface area (Å²) in [5.41, 5.74) is 0.461. The van der Waals surface area contributed by atoms with Crippen LogP contribution in [0.2, 0.25) is 0 Å². The van der Waals surface area contributed by atoms with E-state index in [1.807, 2.05) is 0 Å². The second kappa shape index (κ2) is 9.23. The topological polar surface area (TPSA) is 60.0 Å². The SMILES string of the molecule is CN(Cc1cc2c(cc1OC(F)F)OCO2)C(=O)CCC1CCNC1.Cl. The Morgan fingerprint density at radius 2 is 2.12 bits per heavy atom. The maximum atomic E-state index is 12.7. The number of nitrogens with zero attached hydrogens (tertiary/aromatic N) is 1. The van der Waals surface area contributed by atoms with Gasteiger partial charge in [-0.25, -0.2) is 0 Å². The molecule has 1 unspecified atom stereocenters. The van der Waals surface area contributed by atoms with E-state index in [0.29, 0.717) is 29.4 Å². The highest BCUT2D eigenvalue weighted by atomic mass is 35.5. The Bertz CT molecular complexity index is 627. The van der Waals surface area contributed by atoms with Crippen molar-refractivity contribution in [3.8, 4) is 17.2 Å². The van der Waals surface area contributed by atoms with Gasteiger partial charge in [-0.1, -0.05) is 0 Å². The molecule has 0 spiro atoms. The van der Waals surface area contributed by atoms with E-state index in [1.165, 1.54) is 11.0 Å². The largest absolute Gasteiger partial charge is 0.454 e. The molecule has 9 heteroatoms. The molecule has 26 heavy (non-hydrogen) atoms. The predicted molar refractivity (Wildman–Crippen MR) is 93.1 cm³/mol. The summed E-state index contributed by atoms with van der Waals surface area (Å²) in [5, 5.41) is 3.28. The van der Waals surface area contributed by atoms with Gasteiger partial charge < -0.3 is 24.4 Å². The van der Waals surface area contributed by atoms with Crippen LogP contribution in [0.5, 0.6) is 17.2 Å². The zero-order chi connectivity index (χ0) is 17.8. The number of halogens is 3. The summed E-state index contributed by atoms with van der Waals surface area (Å²) in [4.78, 5) is 13.9. The van der Waals surface area contributed by atoms with E-state index >= 15 is 0 Å². The van der Waals surface area contributed by atoms with E-state index in [9.17, 15) is 13.6 Å². The number of amides is 1. The summed E-state index contributed by atoms with van der Waals surface area (Å²) in [6.07, 6.45) is 2.36. The molecule has 1 aromatic carbocycles. The third kappa shape index (κ3) is 5.11. The van der Waals surface area contributed by atoms with Crippen LogP contribution in [0.25, 0.3) is 0 Å². The first kappa shape index (κ1) is 20.5. The van der Waals surface area contributed by atoms with Gasteiger partial charge in [0, 0.05) is 31.6 Å². The summed E-state index contributed by atoms with van der Waals surface area (Å²) in [7, 11) is 1.66. The molecular formula is C17H23ClF2N2O4. The van der Waals surface area contributed by atoms with Gasteiger partial charge in [0.15, 0.2) is 11.5 Å². The van der Waals surface area contributed by atoms with Crippen LogP contribution in [-0.4, -0.2) is 44.3 Å². The van der Waals surface area contributed by atoms with Crippen molar-refractivity contribution in [2.24, 2.45) is 5.92 Å². The lowest BCUT2D eigenvalue weighted by atomic mass is 10.0. The van der Waals surface area contributed by atoms with Crippen molar-refractivity contribution >= 4 is 18.3 Å². The van der Waals surface area contributed by atoms with Crippen molar-refractivity contribution in [1.29, 1.82) is 0 Å². The Kier molecular flexibility index (Phi) is 7.28. The predicted octanol–water partition coefficient (Wildman–Crippen LogP) is 2.79. The van der Waals surface area contributed by atoms with Crippen LogP contribution in [-0.2, 0) is 11.3 Å². The highest BCUT2D eigenvalue weighted by molar-refractivity contribution is 5.85. The summed E-state index contributed by atoms with van der Waals surface area (Å²) < 4.78 is 40.4. The summed E-state index contributed by atoms with van der Waals surface area (Å²) >= 11 is 0. The molecule has 0 aromatic heterocycles. The molecule has 3 rings (SSSR count). The molecule has 2 aliphatic heterocycles. The van der Waals surface area contributed by atoms with Gasteiger partial charge in [0.2, 0.25) is 12.7 Å². The molecule has 6 nitrogen and oxygen atoms in total. The Hall–Kier alpha value is -1.80. The molecule has 0 radical (unpaired) electrons. The average Bonchev–Trinajstić information content (AvgIpc) is 3.23. The normalized spacial score (nSPS) is 17.9. The summed E-state index contributed by atoms with van der Waals surface area (Å²) in [6, 6.07) is 2.97. The van der Waals surface area contributed by atoms with E-state index in [2.05, 4.69) is 10.1 Å². The molecule has 146 valence electrons. The molecule has 1 atom stereocenters. The number of benzene rings is 1. The summed E-state index contributed by atoms with van der Waals surface area (Å²) in [5.74, 6) is 1.34. The van der Waals surface area contributed by atoms with Gasteiger partial charge in [-0.15, -0.1) is 12.4 Å². The molecule has 2 aliphatic rings. The van der Waals surface area contributed by atoms with Crippen LogP contribution >= 0.6 is 12.4 Å². The van der Waals surface area contributed by atoms with Gasteiger partial charge in [0.25, 0.3) is 0 Å². The molecule has 0 bridgehead atoms. The zero-order valence-electron chi connectivity index (χ0n) is 14.5. The quantitative estimate of drug-likeness (QED) is 0.773. The van der Waals surface area contributed by atoms with E-state index in [4.69, 9.17) is 9.47 Å². The molecule has 1 amide bonds. The Labute approximate surface area is 157 Å². The van der Waals surface area contributed by atoms with Gasteiger partial charge in [0.05, 0.1) is 0 Å². The van der Waals surface area contributed by atoms with Crippen LogP contribution in [0.4, 0.5) is 8.78 Å². The van der Waals surface area contributed by atoms with E-state index < -0.39 is 6.61 Å². The van der Waals surface area contributed by atoms with Crippen molar-refractivity contribution in [2.45, 2.75) is 32.4 Å². The monoisotopic (exact) mass is 392 g/mol. The molecule has 0 aliphatic carbocycles. The number of fused-ring (bicyclic) bond motifs is 1. The second-order valence-corrected chi connectivity index (χ2v) is 6.34. The molecule has 2 heterocycles. The van der Waals surface area contributed by atoms with Gasteiger partial charge in [-0.2, -0.15) is 8.78 Å². The minimum atomic E-state index is -2.95. The van der Waals surface area contributed by atoms with Gasteiger partial charge in [-0.05, 0) is 37.9 Å². The van der Waals surface area contributed by atoms with Gasteiger partial charge in [-0.3, -0.25) is 4.79 Å². The van der Waals surface area contributed by atoms with E-state index in [-0.39, 0.29) is 37.4 Å². The molecule has 1 fully saturated rings. The van der Waals surface area contributed by atoms with Crippen molar-refractivity contribution < 1.29 is 27.8 Å². The standard InChI is InChI=1S/C17H22F2N2O4.ClH/c1-21(16(22)3-2-11-4-5-20-8-11)9-12-6-14-15(24-10-23-14)7-13(12)25-17(18)19;/h6-7,11,17,20H,2-5,8-10H2,1H3;1H. The van der Waals surface area contributed by atoms with E-state index in [1.54, 1.807) is 13.1 Å². The maximum Gasteiger partial charge on any atom is 0.387 e. The Balaban J connectivity index is 0.00000243. The van der Waals surface area contributed by atoms with Crippen molar-refractivity contribution in [3.05, 3.63) is 17.7 Å². The molecule has 1 saturated heterocycles. The Morgan fingerprint density at radius 3 is 2.77 bits per heavy atom. The number of rotatable bonds is 7. The third-order valence-electron chi connectivity index (χ3n) is 4.53. The minimum absolute atomic E-state index is 0. The highest BCUT2D eigenvalue weighted by Crippen LogP contribution is 2.39. The van der Waals surface area contributed by atoms with Crippen LogP contribution in [0.3, 0.4) is 0 Å². The fraction of sp³-hybridized carbons (Fsp3) is 0.588. The maximum absolute atomic E-state index is 12.7. The first-order valence-electron chi connectivity index (χ1n) is 8.35. The van der Waals surface area contributed by atoms with Crippen molar-refractivity contribution in [3.63, 3.8) is 0 Å². The number of ether oxygens (including phenoxy) is 3. The van der Waals surface area contributed by atoms with Crippen LogP contribution in [0.15, 0.2) is 12.1 Å². The molecular weight excluding hydrogens is 370 g/mol. The smallest absolute Gasteiger partial charge is 0.387 e. The first-order chi connectivity index (χ1) is 12.0. The fourth-order valence-corrected chi connectivity index (χ4v) is 3.12. The van der Waals surface area contributed by atoms with Crippen molar-refractivity contribution in [1.82, 2.24) is 10.2 Å². The number of hydrogen-bond donors (Lipinski definition) is 1. The fourth-order valence-electron chi connectivity index (χ4n) is 3.12. The second-order valence-electron chi connectivity index (χ2n) is 6.34. The molecule has 1 aromatic rings. The lowest BCUT2D eigenvalue weighted by Crippen LogP contribution is -2.27. The zero-order valence-corrected chi connectivity index (χ0v) is 15.3. The van der Waals surface area contributed by atoms with Crippen molar-refractivity contribution in [2.75, 3.05) is 26.9 Å². The minimum Gasteiger partial charge on any atom is -0.454 e. The van der Waals surface area contributed by atoms with Crippen LogP contribution in [0, 0.1) is 5.92 Å². The lowest BCUT2D eigenvalue weighted by Gasteiger charge is -2.20. The van der Waals surface area contributed by atoms with Gasteiger partial charge >= 0.3 is 6.61 Å². The number of alkyl halides is 2. The average molecular weight is 393 g/mol. The first-order valence-corrected chi connectivity index (χ1v) is 8.35. The van der Waals surface area contributed by atoms with Crippen LogP contribution < -0.4 is 19.5 Å². The lowest BCUT2D eigenvalue weighted by molar-refractivity contribution is -0.130. The number of nitrogens with one attached hydrogen (secondary N) is 1. The molecule has 1 N–H and O–H groups in total. The third-order valence-corrected chi connectivity index (χ3v) is 4.53. The highest BCUT2D eigenvalue weighted by Gasteiger charge is 2.22. The molecule has 0 saturated carbocycles. The Morgan fingerprint density at radius 1 is 1.38 bits per heavy atom.